The molecule has 0 fully saturated rings. The maximum Gasteiger partial charge on any atom is 0.337 e. The Morgan fingerprint density at radius 3 is 2.71 bits per heavy atom. The van der Waals surface area contributed by atoms with Crippen molar-refractivity contribution < 1.29 is 14.3 Å². The molecular formula is C23H23N5O3. The van der Waals surface area contributed by atoms with E-state index >= 15 is 0 Å². The van der Waals surface area contributed by atoms with Gasteiger partial charge in [-0.05, 0) is 44.2 Å². The number of carbonyl (C=O) groups is 1. The number of fused-ring (bicyclic) bond motifs is 1. The third-order valence-electron chi connectivity index (χ3n) is 4.99. The zero-order valence-electron chi connectivity index (χ0n) is 17.8. The monoisotopic (exact) mass is 417 g/mol. The molecule has 0 saturated heterocycles. The summed E-state index contributed by atoms with van der Waals surface area (Å²) in [6, 6.07) is 9.13. The minimum atomic E-state index is -0.435. The van der Waals surface area contributed by atoms with Crippen molar-refractivity contribution in [2.75, 3.05) is 19.5 Å². The summed E-state index contributed by atoms with van der Waals surface area (Å²) in [7, 11) is 2.90. The normalized spacial score (nSPS) is 11.0. The number of esters is 1. The second-order valence-corrected chi connectivity index (χ2v) is 7.23. The van der Waals surface area contributed by atoms with E-state index < -0.39 is 5.97 Å². The lowest BCUT2D eigenvalue weighted by atomic mass is 10.1. The van der Waals surface area contributed by atoms with Crippen molar-refractivity contribution in [1.29, 1.82) is 0 Å². The molecule has 3 aromatic heterocycles. The van der Waals surface area contributed by atoms with Crippen molar-refractivity contribution in [3.05, 3.63) is 60.7 Å². The molecule has 0 aliphatic heterocycles. The van der Waals surface area contributed by atoms with Crippen LogP contribution in [0.1, 0.15) is 30.2 Å². The lowest BCUT2D eigenvalue weighted by Crippen LogP contribution is -2.04. The van der Waals surface area contributed by atoms with E-state index in [-0.39, 0.29) is 6.04 Å². The van der Waals surface area contributed by atoms with Gasteiger partial charge in [0.1, 0.15) is 5.75 Å². The quantitative estimate of drug-likeness (QED) is 0.458. The van der Waals surface area contributed by atoms with Gasteiger partial charge in [0, 0.05) is 35.6 Å². The smallest absolute Gasteiger partial charge is 0.337 e. The average molecular weight is 417 g/mol. The SMILES string of the molecule is COC(=O)c1ccc(OC)c(Nc2nccc(-c3cn(C(C)C)c4cnccc34)n2)c1. The minimum Gasteiger partial charge on any atom is -0.495 e. The van der Waals surface area contributed by atoms with Crippen LogP contribution < -0.4 is 10.1 Å². The van der Waals surface area contributed by atoms with Crippen LogP contribution in [0.2, 0.25) is 0 Å². The van der Waals surface area contributed by atoms with E-state index in [9.17, 15) is 4.79 Å². The van der Waals surface area contributed by atoms with Gasteiger partial charge >= 0.3 is 5.97 Å². The Morgan fingerprint density at radius 2 is 1.97 bits per heavy atom. The molecule has 0 spiro atoms. The Bertz CT molecular complexity index is 1250. The molecule has 0 aliphatic carbocycles. The van der Waals surface area contributed by atoms with Crippen LogP contribution in [-0.4, -0.2) is 39.7 Å². The largest absolute Gasteiger partial charge is 0.495 e. The summed E-state index contributed by atoms with van der Waals surface area (Å²) >= 11 is 0. The van der Waals surface area contributed by atoms with Gasteiger partial charge in [-0.15, -0.1) is 0 Å². The molecule has 0 unspecified atom stereocenters. The Labute approximate surface area is 179 Å². The highest BCUT2D eigenvalue weighted by molar-refractivity contribution is 5.95. The lowest BCUT2D eigenvalue weighted by Gasteiger charge is -2.12. The number of ether oxygens (including phenoxy) is 2. The van der Waals surface area contributed by atoms with Crippen LogP contribution in [0.3, 0.4) is 0 Å². The van der Waals surface area contributed by atoms with Gasteiger partial charge in [-0.3, -0.25) is 4.98 Å². The molecule has 4 rings (SSSR count). The van der Waals surface area contributed by atoms with Gasteiger partial charge in [-0.25, -0.2) is 14.8 Å². The van der Waals surface area contributed by atoms with Gasteiger partial charge in [-0.1, -0.05) is 0 Å². The Balaban J connectivity index is 1.74. The number of nitrogens with one attached hydrogen (secondary N) is 1. The molecule has 8 nitrogen and oxygen atoms in total. The van der Waals surface area contributed by atoms with Crippen LogP contribution in [0.4, 0.5) is 11.6 Å². The zero-order chi connectivity index (χ0) is 22.0. The van der Waals surface area contributed by atoms with E-state index in [1.807, 2.05) is 18.3 Å². The fraction of sp³-hybridized carbons (Fsp3) is 0.217. The average Bonchev–Trinajstić information content (AvgIpc) is 3.19. The molecule has 0 atom stereocenters. The summed E-state index contributed by atoms with van der Waals surface area (Å²) in [5, 5.41) is 4.22. The molecule has 8 heteroatoms. The molecule has 0 saturated carbocycles. The first kappa shape index (κ1) is 20.3. The predicted octanol–water partition coefficient (Wildman–Crippen LogP) is 4.61. The van der Waals surface area contributed by atoms with E-state index in [1.165, 1.54) is 7.11 Å². The van der Waals surface area contributed by atoms with Gasteiger partial charge in [0.05, 0.1) is 42.9 Å². The van der Waals surface area contributed by atoms with Crippen LogP contribution in [0, 0.1) is 0 Å². The molecule has 0 aliphatic rings. The fourth-order valence-electron chi connectivity index (χ4n) is 3.47. The van der Waals surface area contributed by atoms with Crippen LogP contribution >= 0.6 is 0 Å². The summed E-state index contributed by atoms with van der Waals surface area (Å²) in [6.07, 6.45) is 7.42. The third kappa shape index (κ3) is 3.92. The first-order valence-electron chi connectivity index (χ1n) is 9.83. The summed E-state index contributed by atoms with van der Waals surface area (Å²) in [4.78, 5) is 25.2. The molecule has 4 aromatic rings. The number of methoxy groups -OCH3 is 2. The van der Waals surface area contributed by atoms with Crippen LogP contribution in [0.15, 0.2) is 55.1 Å². The fourth-order valence-corrected chi connectivity index (χ4v) is 3.47. The van der Waals surface area contributed by atoms with E-state index in [1.54, 1.807) is 37.7 Å². The maximum absolute atomic E-state index is 11.9. The number of benzene rings is 1. The molecule has 0 amide bonds. The standard InChI is InChI=1S/C23H23N5O3/c1-14(2)28-13-17(16-7-9-24-12-20(16)28)18-8-10-25-23(26-18)27-19-11-15(22(29)31-4)5-6-21(19)30-3/h5-14H,1-4H3,(H,25,26,27). The summed E-state index contributed by atoms with van der Waals surface area (Å²) in [5.41, 5.74) is 3.78. The van der Waals surface area contributed by atoms with Gasteiger partial charge in [-0.2, -0.15) is 0 Å². The summed E-state index contributed by atoms with van der Waals surface area (Å²) in [6.45, 7) is 4.26. The number of nitrogens with zero attached hydrogens (tertiary/aromatic N) is 4. The zero-order valence-corrected chi connectivity index (χ0v) is 17.8. The molecule has 31 heavy (non-hydrogen) atoms. The van der Waals surface area contributed by atoms with Gasteiger partial charge in [0.25, 0.3) is 0 Å². The van der Waals surface area contributed by atoms with Crippen molar-refractivity contribution in [2.24, 2.45) is 0 Å². The highest BCUT2D eigenvalue weighted by atomic mass is 16.5. The Hall–Kier alpha value is -3.94. The lowest BCUT2D eigenvalue weighted by molar-refractivity contribution is 0.0600. The highest BCUT2D eigenvalue weighted by Crippen LogP contribution is 2.32. The molecule has 1 aromatic carbocycles. The second-order valence-electron chi connectivity index (χ2n) is 7.23. The van der Waals surface area contributed by atoms with Gasteiger partial charge in [0.2, 0.25) is 5.95 Å². The third-order valence-corrected chi connectivity index (χ3v) is 4.99. The molecule has 158 valence electrons. The predicted molar refractivity (Wildman–Crippen MR) is 119 cm³/mol. The summed E-state index contributed by atoms with van der Waals surface area (Å²) < 4.78 is 12.4. The number of aromatic nitrogens is 4. The van der Waals surface area contributed by atoms with Gasteiger partial charge < -0.3 is 19.4 Å². The number of rotatable bonds is 6. The number of hydrogen-bond acceptors (Lipinski definition) is 7. The van der Waals surface area contributed by atoms with Crippen molar-refractivity contribution in [1.82, 2.24) is 19.5 Å². The number of anilines is 2. The first-order chi connectivity index (χ1) is 15.0. The summed E-state index contributed by atoms with van der Waals surface area (Å²) in [5.74, 6) is 0.511. The molecule has 0 radical (unpaired) electrons. The number of pyridine rings is 1. The van der Waals surface area contributed by atoms with Crippen molar-refractivity contribution >= 4 is 28.5 Å². The van der Waals surface area contributed by atoms with Crippen molar-refractivity contribution in [3.8, 4) is 17.0 Å². The molecule has 3 heterocycles. The molecular weight excluding hydrogens is 394 g/mol. The van der Waals surface area contributed by atoms with E-state index in [4.69, 9.17) is 14.5 Å². The number of carbonyl (C=O) groups excluding carboxylic acids is 1. The minimum absolute atomic E-state index is 0.283. The second kappa shape index (κ2) is 8.43. The van der Waals surface area contributed by atoms with Crippen molar-refractivity contribution in [3.63, 3.8) is 0 Å². The van der Waals surface area contributed by atoms with E-state index in [0.29, 0.717) is 22.9 Å². The van der Waals surface area contributed by atoms with E-state index in [0.717, 1.165) is 22.2 Å². The van der Waals surface area contributed by atoms with Crippen LogP contribution in [-0.2, 0) is 4.74 Å². The van der Waals surface area contributed by atoms with E-state index in [2.05, 4.69) is 39.9 Å². The van der Waals surface area contributed by atoms with Crippen LogP contribution in [0.5, 0.6) is 5.75 Å². The van der Waals surface area contributed by atoms with Crippen LogP contribution in [0.25, 0.3) is 22.2 Å². The topological polar surface area (TPSA) is 91.2 Å². The highest BCUT2D eigenvalue weighted by Gasteiger charge is 2.15. The first-order valence-corrected chi connectivity index (χ1v) is 9.83. The maximum atomic E-state index is 11.9. The Kier molecular flexibility index (Phi) is 5.53. The Morgan fingerprint density at radius 1 is 1.13 bits per heavy atom. The number of hydrogen-bond donors (Lipinski definition) is 1. The van der Waals surface area contributed by atoms with Gasteiger partial charge in [0.15, 0.2) is 0 Å². The molecule has 1 N–H and O–H groups in total. The van der Waals surface area contributed by atoms with Crippen molar-refractivity contribution in [2.45, 2.75) is 19.9 Å². The molecule has 0 bridgehead atoms.